The SMILES string of the molecule is Oc1ccc(CCN2C[C@H]3C[C@H](Oc4ncccc4F)C[C@@]3(O)C2)cc1. The highest BCUT2D eigenvalue weighted by atomic mass is 19.1. The first kappa shape index (κ1) is 17.2. The minimum atomic E-state index is -0.773. The minimum absolute atomic E-state index is 0.0188. The molecule has 5 nitrogen and oxygen atoms in total. The van der Waals surface area contributed by atoms with Crippen LogP contribution >= 0.6 is 0 Å². The molecule has 1 aliphatic carbocycles. The fourth-order valence-corrected chi connectivity index (χ4v) is 4.21. The Morgan fingerprint density at radius 3 is 2.81 bits per heavy atom. The van der Waals surface area contributed by atoms with Crippen LogP contribution in [0, 0.1) is 11.7 Å². The molecule has 0 amide bonds. The van der Waals surface area contributed by atoms with Crippen molar-refractivity contribution in [2.75, 3.05) is 19.6 Å². The van der Waals surface area contributed by atoms with Gasteiger partial charge in [0, 0.05) is 38.2 Å². The topological polar surface area (TPSA) is 65.8 Å². The van der Waals surface area contributed by atoms with E-state index in [0.29, 0.717) is 19.4 Å². The molecule has 1 aromatic carbocycles. The van der Waals surface area contributed by atoms with Crippen molar-refractivity contribution in [3.8, 4) is 11.6 Å². The fourth-order valence-electron chi connectivity index (χ4n) is 4.21. The summed E-state index contributed by atoms with van der Waals surface area (Å²) in [4.78, 5) is 6.21. The van der Waals surface area contributed by atoms with E-state index in [4.69, 9.17) is 4.74 Å². The van der Waals surface area contributed by atoms with Gasteiger partial charge in [0.1, 0.15) is 11.9 Å². The molecule has 3 atom stereocenters. The van der Waals surface area contributed by atoms with Gasteiger partial charge in [0.25, 0.3) is 5.88 Å². The van der Waals surface area contributed by atoms with Gasteiger partial charge < -0.3 is 14.9 Å². The van der Waals surface area contributed by atoms with Gasteiger partial charge in [0.15, 0.2) is 5.82 Å². The largest absolute Gasteiger partial charge is 0.508 e. The average molecular weight is 358 g/mol. The van der Waals surface area contributed by atoms with Crippen molar-refractivity contribution < 1.29 is 19.3 Å². The van der Waals surface area contributed by atoms with Gasteiger partial charge in [0.05, 0.1) is 5.60 Å². The number of pyridine rings is 1. The molecule has 0 bridgehead atoms. The van der Waals surface area contributed by atoms with Crippen LogP contribution in [0.3, 0.4) is 0 Å². The van der Waals surface area contributed by atoms with Gasteiger partial charge in [-0.1, -0.05) is 12.1 Å². The third kappa shape index (κ3) is 3.52. The number of hydrogen-bond donors (Lipinski definition) is 2. The molecular formula is C20H23FN2O3. The normalized spacial score (nSPS) is 28.2. The number of β-amino-alcohol motifs (C(OH)–C–C–N with tert-alkyl or cyclic N) is 1. The molecule has 26 heavy (non-hydrogen) atoms. The number of benzene rings is 1. The van der Waals surface area contributed by atoms with Gasteiger partial charge in [-0.2, -0.15) is 0 Å². The molecular weight excluding hydrogens is 335 g/mol. The first-order chi connectivity index (χ1) is 12.5. The lowest BCUT2D eigenvalue weighted by atomic mass is 9.95. The first-order valence-corrected chi connectivity index (χ1v) is 9.02. The van der Waals surface area contributed by atoms with Crippen molar-refractivity contribution in [2.24, 2.45) is 5.92 Å². The van der Waals surface area contributed by atoms with Crippen molar-refractivity contribution >= 4 is 0 Å². The Balaban J connectivity index is 1.31. The van der Waals surface area contributed by atoms with Crippen LogP contribution in [0.4, 0.5) is 4.39 Å². The van der Waals surface area contributed by atoms with Crippen molar-refractivity contribution in [3.63, 3.8) is 0 Å². The summed E-state index contributed by atoms with van der Waals surface area (Å²) in [5, 5.41) is 20.3. The number of likely N-dealkylation sites (tertiary alicyclic amines) is 1. The average Bonchev–Trinajstić information content (AvgIpc) is 3.07. The van der Waals surface area contributed by atoms with Gasteiger partial charge in [-0.3, -0.25) is 4.90 Å². The van der Waals surface area contributed by atoms with E-state index < -0.39 is 11.4 Å². The summed E-state index contributed by atoms with van der Waals surface area (Å²) in [6, 6.07) is 10.1. The lowest BCUT2D eigenvalue weighted by Gasteiger charge is -2.23. The maximum atomic E-state index is 13.7. The van der Waals surface area contributed by atoms with Crippen LogP contribution in [-0.2, 0) is 6.42 Å². The van der Waals surface area contributed by atoms with E-state index in [-0.39, 0.29) is 23.7 Å². The molecule has 138 valence electrons. The smallest absolute Gasteiger partial charge is 0.250 e. The Morgan fingerprint density at radius 1 is 1.27 bits per heavy atom. The van der Waals surface area contributed by atoms with Crippen LogP contribution in [0.5, 0.6) is 11.6 Å². The molecule has 2 fully saturated rings. The number of phenolic OH excluding ortho intramolecular Hbond substituents is 1. The van der Waals surface area contributed by atoms with E-state index in [2.05, 4.69) is 9.88 Å². The lowest BCUT2D eigenvalue weighted by Crippen LogP contribution is -2.36. The van der Waals surface area contributed by atoms with Gasteiger partial charge in [-0.25, -0.2) is 9.37 Å². The summed E-state index contributed by atoms with van der Waals surface area (Å²) in [7, 11) is 0. The summed E-state index contributed by atoms with van der Waals surface area (Å²) in [6.45, 7) is 2.30. The molecule has 4 rings (SSSR count). The molecule has 1 saturated carbocycles. The highest BCUT2D eigenvalue weighted by Crippen LogP contribution is 2.43. The Kier molecular flexibility index (Phi) is 4.54. The molecule has 1 saturated heterocycles. The van der Waals surface area contributed by atoms with Gasteiger partial charge >= 0.3 is 0 Å². The molecule has 1 aromatic heterocycles. The van der Waals surface area contributed by atoms with Crippen molar-refractivity contribution in [1.29, 1.82) is 0 Å². The second-order valence-electron chi connectivity index (χ2n) is 7.42. The molecule has 2 aliphatic rings. The van der Waals surface area contributed by atoms with Gasteiger partial charge in [0.2, 0.25) is 0 Å². The predicted octanol–water partition coefficient (Wildman–Crippen LogP) is 2.37. The van der Waals surface area contributed by atoms with Crippen LogP contribution in [-0.4, -0.2) is 51.4 Å². The van der Waals surface area contributed by atoms with E-state index in [1.165, 1.54) is 23.9 Å². The second-order valence-corrected chi connectivity index (χ2v) is 7.42. The third-order valence-corrected chi connectivity index (χ3v) is 5.52. The maximum absolute atomic E-state index is 13.7. The molecule has 2 heterocycles. The first-order valence-electron chi connectivity index (χ1n) is 9.02. The monoisotopic (exact) mass is 358 g/mol. The minimum Gasteiger partial charge on any atom is -0.508 e. The van der Waals surface area contributed by atoms with E-state index in [9.17, 15) is 14.6 Å². The van der Waals surface area contributed by atoms with Gasteiger partial charge in [-0.05, 0) is 42.7 Å². The number of ether oxygens (including phenoxy) is 1. The molecule has 1 aliphatic heterocycles. The summed E-state index contributed by atoms with van der Waals surface area (Å²) in [6.07, 6.45) is 3.40. The molecule has 6 heteroatoms. The zero-order chi connectivity index (χ0) is 18.1. The Labute approximate surface area is 152 Å². The third-order valence-electron chi connectivity index (χ3n) is 5.52. The number of fused-ring (bicyclic) bond motifs is 1. The van der Waals surface area contributed by atoms with Crippen molar-refractivity contribution in [3.05, 3.63) is 54.0 Å². The van der Waals surface area contributed by atoms with Crippen molar-refractivity contribution in [2.45, 2.75) is 31.0 Å². The summed E-state index contributed by atoms with van der Waals surface area (Å²) < 4.78 is 19.4. The maximum Gasteiger partial charge on any atom is 0.250 e. The Morgan fingerprint density at radius 2 is 2.08 bits per heavy atom. The van der Waals surface area contributed by atoms with Gasteiger partial charge in [-0.15, -0.1) is 0 Å². The van der Waals surface area contributed by atoms with Crippen LogP contribution in [0.2, 0.25) is 0 Å². The number of nitrogens with zero attached hydrogens (tertiary/aromatic N) is 2. The quantitative estimate of drug-likeness (QED) is 0.859. The van der Waals surface area contributed by atoms with Crippen LogP contribution in [0.25, 0.3) is 0 Å². The lowest BCUT2D eigenvalue weighted by molar-refractivity contribution is 0.0214. The number of aromatic nitrogens is 1. The number of rotatable bonds is 5. The zero-order valence-electron chi connectivity index (χ0n) is 14.5. The molecule has 2 aromatic rings. The number of phenols is 1. The van der Waals surface area contributed by atoms with Crippen LogP contribution in [0.1, 0.15) is 18.4 Å². The second kappa shape index (κ2) is 6.85. The summed E-state index contributed by atoms with van der Waals surface area (Å²) in [5.41, 5.74) is 0.393. The van der Waals surface area contributed by atoms with E-state index in [0.717, 1.165) is 19.5 Å². The van der Waals surface area contributed by atoms with E-state index >= 15 is 0 Å². The number of halogens is 1. The number of hydrogen-bond acceptors (Lipinski definition) is 5. The van der Waals surface area contributed by atoms with E-state index in [1.807, 2.05) is 12.1 Å². The summed E-state index contributed by atoms with van der Waals surface area (Å²) in [5.74, 6) is -0.0365. The van der Waals surface area contributed by atoms with Crippen LogP contribution < -0.4 is 4.74 Å². The van der Waals surface area contributed by atoms with E-state index in [1.54, 1.807) is 12.1 Å². The Bertz CT molecular complexity index is 770. The zero-order valence-corrected chi connectivity index (χ0v) is 14.5. The highest BCUT2D eigenvalue weighted by molar-refractivity contribution is 5.26. The Hall–Kier alpha value is -2.18. The number of aromatic hydroxyl groups is 1. The number of aliphatic hydroxyl groups is 1. The predicted molar refractivity (Wildman–Crippen MR) is 94.5 cm³/mol. The highest BCUT2D eigenvalue weighted by Gasteiger charge is 2.52. The molecule has 0 radical (unpaired) electrons. The molecule has 0 unspecified atom stereocenters. The standard InChI is InChI=1S/C20H23FN2O3/c21-18-2-1-8-22-19(18)26-17-10-15-12-23(13-20(15,25)11-17)9-7-14-3-5-16(24)6-4-14/h1-6,8,15,17,24-25H,7,9-13H2/t15-,17+,20-/m1/s1. The fraction of sp³-hybridized carbons (Fsp3) is 0.450. The van der Waals surface area contributed by atoms with Crippen LogP contribution in [0.15, 0.2) is 42.6 Å². The van der Waals surface area contributed by atoms with Crippen molar-refractivity contribution in [1.82, 2.24) is 9.88 Å². The molecule has 0 spiro atoms. The molecule has 2 N–H and O–H groups in total. The summed E-state index contributed by atoms with van der Waals surface area (Å²) >= 11 is 0.